The van der Waals surface area contributed by atoms with Crippen molar-refractivity contribution >= 4 is 28.3 Å². The first-order valence-corrected chi connectivity index (χ1v) is 10.2. The van der Waals surface area contributed by atoms with E-state index < -0.39 is 11.5 Å². The Morgan fingerprint density at radius 2 is 1.29 bits per heavy atom. The van der Waals surface area contributed by atoms with Gasteiger partial charge in [0.2, 0.25) is 17.1 Å². The number of nitrogen functional groups attached to an aromatic ring is 1. The molecule has 1 aromatic heterocycles. The zero-order valence-corrected chi connectivity index (χ0v) is 17.2. The normalized spacial score (nSPS) is 11.8. The van der Waals surface area contributed by atoms with Crippen molar-refractivity contribution in [3.8, 4) is 0 Å². The van der Waals surface area contributed by atoms with Gasteiger partial charge in [-0.15, -0.1) is 0 Å². The number of oxime groups is 1. The van der Waals surface area contributed by atoms with Gasteiger partial charge in [-0.25, -0.2) is 0 Å². The van der Waals surface area contributed by atoms with Crippen LogP contribution in [0.2, 0.25) is 0 Å². The van der Waals surface area contributed by atoms with Crippen LogP contribution in [0, 0.1) is 0 Å². The van der Waals surface area contributed by atoms with Crippen LogP contribution in [0.5, 0.6) is 0 Å². The Hall–Kier alpha value is -4.04. The minimum Gasteiger partial charge on any atom is -0.374 e. The molecule has 0 fully saturated rings. The van der Waals surface area contributed by atoms with E-state index in [4.69, 9.17) is 16.3 Å². The number of anilines is 1. The SMILES string of the molecule is NC(=O)C(=NOC(c1ccccc1)(c1ccccc1)c1ccccc1)c1nsc(N)n1. The van der Waals surface area contributed by atoms with E-state index in [1.807, 2.05) is 91.0 Å². The summed E-state index contributed by atoms with van der Waals surface area (Å²) in [5.74, 6) is -0.793. The Morgan fingerprint density at radius 1 is 0.839 bits per heavy atom. The Bertz CT molecular complexity index is 1100. The number of primary amides is 1. The third-order valence-electron chi connectivity index (χ3n) is 4.70. The lowest BCUT2D eigenvalue weighted by atomic mass is 9.80. The van der Waals surface area contributed by atoms with Crippen LogP contribution in [0.3, 0.4) is 0 Å². The molecule has 8 heteroatoms. The van der Waals surface area contributed by atoms with Gasteiger partial charge in [-0.05, 0) is 0 Å². The predicted molar refractivity (Wildman–Crippen MR) is 120 cm³/mol. The summed E-state index contributed by atoms with van der Waals surface area (Å²) in [4.78, 5) is 22.4. The number of nitrogens with zero attached hydrogens (tertiary/aromatic N) is 3. The van der Waals surface area contributed by atoms with E-state index in [1.54, 1.807) is 0 Å². The summed E-state index contributed by atoms with van der Waals surface area (Å²) < 4.78 is 4.05. The number of benzene rings is 3. The molecule has 0 atom stereocenters. The van der Waals surface area contributed by atoms with Gasteiger partial charge in [0.25, 0.3) is 5.91 Å². The standard InChI is InChI=1S/C23H19N5O2S/c24-20(29)19(21-26-22(25)31-28-21)27-30-23(16-10-4-1-5-11-16,17-12-6-2-7-13-17)18-14-8-3-9-15-18/h1-15H,(H2,24,29)(H2,25,26,28). The second kappa shape index (κ2) is 8.76. The van der Waals surface area contributed by atoms with E-state index in [9.17, 15) is 4.79 Å². The number of carbonyl (C=O) groups is 1. The van der Waals surface area contributed by atoms with Gasteiger partial charge in [-0.2, -0.15) is 9.36 Å². The number of hydrogen-bond donors (Lipinski definition) is 2. The lowest BCUT2D eigenvalue weighted by Gasteiger charge is -2.33. The molecular weight excluding hydrogens is 410 g/mol. The van der Waals surface area contributed by atoms with Crippen LogP contribution in [-0.2, 0) is 15.2 Å². The summed E-state index contributed by atoms with van der Waals surface area (Å²) in [6, 6.07) is 28.9. The van der Waals surface area contributed by atoms with E-state index >= 15 is 0 Å². The monoisotopic (exact) mass is 429 g/mol. The first-order valence-electron chi connectivity index (χ1n) is 9.43. The van der Waals surface area contributed by atoms with Crippen molar-refractivity contribution in [1.82, 2.24) is 9.36 Å². The molecule has 31 heavy (non-hydrogen) atoms. The summed E-state index contributed by atoms with van der Waals surface area (Å²) in [5.41, 5.74) is 12.3. The third kappa shape index (κ3) is 4.01. The van der Waals surface area contributed by atoms with Crippen LogP contribution in [0.4, 0.5) is 5.13 Å². The van der Waals surface area contributed by atoms with Gasteiger partial charge in [0, 0.05) is 28.2 Å². The number of rotatable bonds is 7. The average molecular weight is 430 g/mol. The fourth-order valence-electron chi connectivity index (χ4n) is 3.32. The van der Waals surface area contributed by atoms with E-state index in [-0.39, 0.29) is 16.7 Å². The summed E-state index contributed by atoms with van der Waals surface area (Å²) in [5, 5.41) is 4.38. The minimum atomic E-state index is -1.15. The highest BCUT2D eigenvalue weighted by Crippen LogP contribution is 2.40. The fraction of sp³-hybridized carbons (Fsp3) is 0.0435. The van der Waals surface area contributed by atoms with Crippen LogP contribution < -0.4 is 11.5 Å². The zero-order valence-electron chi connectivity index (χ0n) is 16.4. The second-order valence-corrected chi connectivity index (χ2v) is 7.41. The van der Waals surface area contributed by atoms with Crippen molar-refractivity contribution in [2.24, 2.45) is 10.9 Å². The molecular formula is C23H19N5O2S. The molecule has 0 spiro atoms. The van der Waals surface area contributed by atoms with Crippen LogP contribution in [0.1, 0.15) is 22.5 Å². The highest BCUT2D eigenvalue weighted by molar-refractivity contribution is 7.09. The zero-order chi connectivity index (χ0) is 21.7. The molecule has 3 aromatic carbocycles. The third-order valence-corrected chi connectivity index (χ3v) is 5.24. The molecule has 1 heterocycles. The van der Waals surface area contributed by atoms with Crippen molar-refractivity contribution in [2.75, 3.05) is 5.73 Å². The van der Waals surface area contributed by atoms with E-state index in [2.05, 4.69) is 14.5 Å². The number of carbonyl (C=O) groups excluding carboxylic acids is 1. The smallest absolute Gasteiger partial charge is 0.274 e. The molecule has 0 saturated heterocycles. The van der Waals surface area contributed by atoms with Crippen LogP contribution >= 0.6 is 11.5 Å². The van der Waals surface area contributed by atoms with Crippen molar-refractivity contribution in [1.29, 1.82) is 0 Å². The average Bonchev–Trinajstić information content (AvgIpc) is 3.24. The Labute approximate surface area is 183 Å². The molecule has 0 saturated carbocycles. The van der Waals surface area contributed by atoms with Crippen molar-refractivity contribution < 1.29 is 9.63 Å². The first-order chi connectivity index (χ1) is 15.1. The maximum Gasteiger partial charge on any atom is 0.274 e. The Morgan fingerprint density at radius 3 is 1.65 bits per heavy atom. The highest BCUT2D eigenvalue weighted by atomic mass is 32.1. The van der Waals surface area contributed by atoms with E-state index in [0.717, 1.165) is 28.2 Å². The number of hydrogen-bond acceptors (Lipinski definition) is 7. The van der Waals surface area contributed by atoms with Crippen LogP contribution in [0.25, 0.3) is 0 Å². The molecule has 0 radical (unpaired) electrons. The van der Waals surface area contributed by atoms with Gasteiger partial charge in [0.1, 0.15) is 0 Å². The van der Waals surface area contributed by atoms with Crippen molar-refractivity contribution in [3.63, 3.8) is 0 Å². The molecule has 0 unspecified atom stereocenters. The molecule has 4 rings (SSSR count). The molecule has 1 amide bonds. The van der Waals surface area contributed by atoms with E-state index in [1.165, 1.54) is 0 Å². The summed E-state index contributed by atoms with van der Waals surface area (Å²) in [6.45, 7) is 0. The number of nitrogens with two attached hydrogens (primary N) is 2. The largest absolute Gasteiger partial charge is 0.374 e. The maximum atomic E-state index is 12.1. The van der Waals surface area contributed by atoms with Crippen LogP contribution in [-0.4, -0.2) is 21.0 Å². The molecule has 154 valence electrons. The number of amides is 1. The molecule has 4 N–H and O–H groups in total. The molecule has 0 aliphatic carbocycles. The van der Waals surface area contributed by atoms with Gasteiger partial charge in [0.05, 0.1) is 0 Å². The molecule has 0 bridgehead atoms. The Balaban J connectivity index is 1.95. The second-order valence-electron chi connectivity index (χ2n) is 6.63. The molecule has 0 aliphatic heterocycles. The van der Waals surface area contributed by atoms with Gasteiger partial charge in [-0.3, -0.25) is 4.79 Å². The van der Waals surface area contributed by atoms with Gasteiger partial charge < -0.3 is 16.3 Å². The predicted octanol–water partition coefficient (Wildman–Crippen LogP) is 3.32. The number of aromatic nitrogens is 2. The Kier molecular flexibility index (Phi) is 5.72. The topological polar surface area (TPSA) is 116 Å². The fourth-order valence-corrected chi connectivity index (χ4v) is 3.75. The summed E-state index contributed by atoms with van der Waals surface area (Å²) >= 11 is 0.945. The van der Waals surface area contributed by atoms with Gasteiger partial charge in [0.15, 0.2) is 5.13 Å². The minimum absolute atomic E-state index is 0.0260. The first kappa shape index (κ1) is 20.2. The molecule has 7 nitrogen and oxygen atoms in total. The molecule has 4 aromatic rings. The van der Waals surface area contributed by atoms with Gasteiger partial charge in [-0.1, -0.05) is 96.2 Å². The van der Waals surface area contributed by atoms with E-state index in [0.29, 0.717) is 0 Å². The summed E-state index contributed by atoms with van der Waals surface area (Å²) in [6.07, 6.45) is 0. The highest BCUT2D eigenvalue weighted by Gasteiger charge is 2.40. The molecule has 0 aliphatic rings. The van der Waals surface area contributed by atoms with Crippen molar-refractivity contribution in [3.05, 3.63) is 114 Å². The quantitative estimate of drug-likeness (QED) is 0.266. The maximum absolute atomic E-state index is 12.1. The van der Waals surface area contributed by atoms with Gasteiger partial charge >= 0.3 is 0 Å². The lowest BCUT2D eigenvalue weighted by Crippen LogP contribution is -2.33. The lowest BCUT2D eigenvalue weighted by molar-refractivity contribution is -0.112. The van der Waals surface area contributed by atoms with Crippen LogP contribution in [0.15, 0.2) is 96.2 Å². The van der Waals surface area contributed by atoms with Crippen molar-refractivity contribution in [2.45, 2.75) is 5.60 Å². The summed E-state index contributed by atoms with van der Waals surface area (Å²) in [7, 11) is 0.